The van der Waals surface area contributed by atoms with Gasteiger partial charge in [0.1, 0.15) is 0 Å². The molecule has 0 saturated carbocycles. The number of thioether (sulfide) groups is 3. The third kappa shape index (κ3) is 3.74. The highest BCUT2D eigenvalue weighted by atomic mass is 32.2. The third-order valence-electron chi connectivity index (χ3n) is 1.96. The number of rotatable bonds is 5. The lowest BCUT2D eigenvalue weighted by Crippen LogP contribution is -2.03. The molecule has 2 atom stereocenters. The van der Waals surface area contributed by atoms with Crippen LogP contribution < -0.4 is 0 Å². The molecule has 2 heterocycles. The highest BCUT2D eigenvalue weighted by molar-refractivity contribution is 8.22. The molecule has 16 heavy (non-hydrogen) atoms. The first kappa shape index (κ1) is 12.9. The van der Waals surface area contributed by atoms with Crippen LogP contribution in [0.25, 0.3) is 0 Å². The minimum atomic E-state index is -0.197. The van der Waals surface area contributed by atoms with Crippen LogP contribution in [0.15, 0.2) is 27.8 Å². The van der Waals surface area contributed by atoms with Crippen LogP contribution in [0, 0.1) is 0 Å². The standard InChI is InChI=1S/C11H14OS4/c1-8(12)5-13-6-9-7-15-11(16-9)10-3-2-4-14-10/h2-4,7-8,11-12H,5-6H2,1H3. The summed E-state index contributed by atoms with van der Waals surface area (Å²) in [6, 6.07) is 4.32. The first-order valence-electron chi connectivity index (χ1n) is 5.06. The molecule has 5 heteroatoms. The minimum Gasteiger partial charge on any atom is -0.393 e. The van der Waals surface area contributed by atoms with Crippen LogP contribution in [-0.2, 0) is 0 Å². The van der Waals surface area contributed by atoms with E-state index in [0.29, 0.717) is 4.58 Å². The Morgan fingerprint density at radius 1 is 1.56 bits per heavy atom. The van der Waals surface area contributed by atoms with Crippen molar-refractivity contribution in [2.24, 2.45) is 0 Å². The average Bonchev–Trinajstić information content (AvgIpc) is 2.85. The van der Waals surface area contributed by atoms with Crippen molar-refractivity contribution in [3.05, 3.63) is 32.7 Å². The minimum absolute atomic E-state index is 0.197. The van der Waals surface area contributed by atoms with Crippen LogP contribution in [0.5, 0.6) is 0 Å². The van der Waals surface area contributed by atoms with Crippen molar-refractivity contribution in [3.63, 3.8) is 0 Å². The molecular weight excluding hydrogens is 276 g/mol. The van der Waals surface area contributed by atoms with Gasteiger partial charge in [0.25, 0.3) is 0 Å². The molecule has 0 spiro atoms. The molecule has 1 aliphatic heterocycles. The van der Waals surface area contributed by atoms with E-state index in [1.54, 1.807) is 0 Å². The Hall–Kier alpha value is 0.450. The van der Waals surface area contributed by atoms with Crippen LogP contribution in [0.1, 0.15) is 16.4 Å². The molecule has 1 aromatic rings. The molecule has 0 aromatic carbocycles. The molecule has 1 aromatic heterocycles. The van der Waals surface area contributed by atoms with Crippen molar-refractivity contribution in [1.29, 1.82) is 0 Å². The molecule has 0 saturated heterocycles. The summed E-state index contributed by atoms with van der Waals surface area (Å²) in [5.74, 6) is 1.86. The Morgan fingerprint density at radius 2 is 2.44 bits per heavy atom. The number of hydrogen-bond acceptors (Lipinski definition) is 5. The van der Waals surface area contributed by atoms with Crippen molar-refractivity contribution >= 4 is 46.6 Å². The normalized spacial score (nSPS) is 22.1. The summed E-state index contributed by atoms with van der Waals surface area (Å²) in [6.07, 6.45) is -0.197. The third-order valence-corrected chi connectivity index (χ3v) is 7.34. The van der Waals surface area contributed by atoms with E-state index in [1.165, 1.54) is 9.78 Å². The Balaban J connectivity index is 1.75. The lowest BCUT2D eigenvalue weighted by Gasteiger charge is -2.07. The first-order valence-corrected chi connectivity index (χ1v) is 8.92. The number of aliphatic hydroxyl groups excluding tert-OH is 1. The van der Waals surface area contributed by atoms with E-state index in [-0.39, 0.29) is 6.10 Å². The molecule has 0 fully saturated rings. The lowest BCUT2D eigenvalue weighted by atomic mass is 10.5. The summed E-state index contributed by atoms with van der Waals surface area (Å²) in [6.45, 7) is 1.84. The van der Waals surface area contributed by atoms with Gasteiger partial charge in [-0.25, -0.2) is 0 Å². The number of thiophene rings is 1. The quantitative estimate of drug-likeness (QED) is 0.877. The van der Waals surface area contributed by atoms with Gasteiger partial charge in [0.05, 0.1) is 10.7 Å². The molecular formula is C11H14OS4. The summed E-state index contributed by atoms with van der Waals surface area (Å²) >= 11 is 7.49. The van der Waals surface area contributed by atoms with Crippen LogP contribution in [0.2, 0.25) is 0 Å². The van der Waals surface area contributed by atoms with Crippen LogP contribution >= 0.6 is 46.6 Å². The molecule has 0 aliphatic carbocycles. The van der Waals surface area contributed by atoms with E-state index in [4.69, 9.17) is 0 Å². The topological polar surface area (TPSA) is 20.2 Å². The van der Waals surface area contributed by atoms with Crippen LogP contribution in [0.4, 0.5) is 0 Å². The fourth-order valence-corrected chi connectivity index (χ4v) is 6.07. The van der Waals surface area contributed by atoms with Gasteiger partial charge in [-0.3, -0.25) is 0 Å². The molecule has 2 rings (SSSR count). The second kappa shape index (κ2) is 6.40. The Bertz CT molecular complexity index is 345. The van der Waals surface area contributed by atoms with Gasteiger partial charge in [0, 0.05) is 21.3 Å². The molecule has 0 radical (unpaired) electrons. The van der Waals surface area contributed by atoms with Crippen molar-refractivity contribution in [3.8, 4) is 0 Å². The van der Waals surface area contributed by atoms with Crippen molar-refractivity contribution in [2.45, 2.75) is 17.6 Å². The predicted octanol–water partition coefficient (Wildman–Crippen LogP) is 4.18. The second-order valence-corrected chi connectivity index (χ2v) is 8.07. The molecule has 0 bridgehead atoms. The van der Waals surface area contributed by atoms with Gasteiger partial charge >= 0.3 is 0 Å². The molecule has 1 nitrogen and oxygen atoms in total. The summed E-state index contributed by atoms with van der Waals surface area (Å²) in [4.78, 5) is 2.89. The first-order chi connectivity index (χ1) is 7.75. The van der Waals surface area contributed by atoms with Gasteiger partial charge in [0.2, 0.25) is 0 Å². The Morgan fingerprint density at radius 3 is 3.12 bits per heavy atom. The van der Waals surface area contributed by atoms with Gasteiger partial charge in [-0.1, -0.05) is 6.07 Å². The maximum Gasteiger partial charge on any atom is 0.0929 e. The average molecular weight is 291 g/mol. The van der Waals surface area contributed by atoms with Crippen LogP contribution in [-0.4, -0.2) is 22.7 Å². The van der Waals surface area contributed by atoms with Gasteiger partial charge in [0.15, 0.2) is 0 Å². The predicted molar refractivity (Wildman–Crippen MR) is 79.3 cm³/mol. The lowest BCUT2D eigenvalue weighted by molar-refractivity contribution is 0.220. The zero-order valence-electron chi connectivity index (χ0n) is 8.96. The van der Waals surface area contributed by atoms with E-state index in [9.17, 15) is 5.11 Å². The zero-order chi connectivity index (χ0) is 11.4. The van der Waals surface area contributed by atoms with E-state index < -0.39 is 0 Å². The fourth-order valence-electron chi connectivity index (χ4n) is 1.28. The maximum absolute atomic E-state index is 9.18. The van der Waals surface area contributed by atoms with E-state index in [1.807, 2.05) is 53.5 Å². The molecule has 0 amide bonds. The monoisotopic (exact) mass is 290 g/mol. The number of aliphatic hydroxyl groups is 1. The van der Waals surface area contributed by atoms with Crippen molar-refractivity contribution in [2.75, 3.05) is 11.5 Å². The van der Waals surface area contributed by atoms with E-state index >= 15 is 0 Å². The van der Waals surface area contributed by atoms with Crippen LogP contribution in [0.3, 0.4) is 0 Å². The van der Waals surface area contributed by atoms with Gasteiger partial charge < -0.3 is 5.11 Å². The molecule has 2 unspecified atom stereocenters. The summed E-state index contributed by atoms with van der Waals surface area (Å²) < 4.78 is 0.558. The maximum atomic E-state index is 9.18. The van der Waals surface area contributed by atoms with Crippen molar-refractivity contribution in [1.82, 2.24) is 0 Å². The Kier molecular flexibility index (Phi) is 5.16. The van der Waals surface area contributed by atoms with Gasteiger partial charge in [-0.2, -0.15) is 11.8 Å². The Labute approximate surface area is 113 Å². The summed E-state index contributed by atoms with van der Waals surface area (Å²) in [5, 5.41) is 13.6. The van der Waals surface area contributed by atoms with E-state index in [0.717, 1.165) is 11.5 Å². The van der Waals surface area contributed by atoms with Gasteiger partial charge in [-0.05, 0) is 23.8 Å². The zero-order valence-corrected chi connectivity index (χ0v) is 12.2. The smallest absolute Gasteiger partial charge is 0.0929 e. The molecule has 88 valence electrons. The van der Waals surface area contributed by atoms with E-state index in [2.05, 4.69) is 22.9 Å². The highest BCUT2D eigenvalue weighted by Crippen LogP contribution is 2.52. The largest absolute Gasteiger partial charge is 0.393 e. The summed E-state index contributed by atoms with van der Waals surface area (Å²) in [7, 11) is 0. The fraction of sp³-hybridized carbons (Fsp3) is 0.455. The van der Waals surface area contributed by atoms with Gasteiger partial charge in [-0.15, -0.1) is 34.9 Å². The summed E-state index contributed by atoms with van der Waals surface area (Å²) in [5.41, 5.74) is 0. The molecule has 1 aliphatic rings. The SMILES string of the molecule is CC(O)CSCC1=CSC(c2cccs2)S1. The van der Waals surface area contributed by atoms with Crippen molar-refractivity contribution < 1.29 is 5.11 Å². The highest BCUT2D eigenvalue weighted by Gasteiger charge is 2.20. The number of hydrogen-bond donors (Lipinski definition) is 1. The molecule has 1 N–H and O–H groups in total. The second-order valence-electron chi connectivity index (χ2n) is 3.55.